The normalized spacial score (nSPS) is 15.2. The second-order valence-corrected chi connectivity index (χ2v) is 8.62. The van der Waals surface area contributed by atoms with Crippen molar-refractivity contribution in [3.8, 4) is 10.6 Å². The zero-order valence-electron chi connectivity index (χ0n) is 15.4. The van der Waals surface area contributed by atoms with Gasteiger partial charge < -0.3 is 4.90 Å². The summed E-state index contributed by atoms with van der Waals surface area (Å²) in [6.07, 6.45) is 0.401. The molecule has 3 heterocycles. The van der Waals surface area contributed by atoms with E-state index < -0.39 is 0 Å². The van der Waals surface area contributed by atoms with E-state index in [1.807, 2.05) is 10.3 Å². The van der Waals surface area contributed by atoms with Crippen LogP contribution in [0.5, 0.6) is 0 Å². The third-order valence-corrected chi connectivity index (χ3v) is 6.49. The average molecular weight is 398 g/mol. The number of aryl methyl sites for hydroxylation is 1. The molecule has 0 atom stereocenters. The Kier molecular flexibility index (Phi) is 5.66. The van der Waals surface area contributed by atoms with Gasteiger partial charge in [0.05, 0.1) is 12.1 Å². The molecule has 27 heavy (non-hydrogen) atoms. The Morgan fingerprint density at radius 3 is 2.74 bits per heavy atom. The van der Waals surface area contributed by atoms with Crippen molar-refractivity contribution >= 4 is 28.6 Å². The van der Waals surface area contributed by atoms with Gasteiger partial charge in [-0.2, -0.15) is 11.3 Å². The largest absolute Gasteiger partial charge is 0.340 e. The fourth-order valence-electron chi connectivity index (χ4n) is 3.40. The number of hydrogen-bond acceptors (Lipinski definition) is 5. The predicted octanol–water partition coefficient (Wildman–Crippen LogP) is 4.07. The Morgan fingerprint density at radius 2 is 2.00 bits per heavy atom. The van der Waals surface area contributed by atoms with E-state index in [1.165, 1.54) is 11.1 Å². The number of piperazine rings is 1. The van der Waals surface area contributed by atoms with Crippen LogP contribution in [-0.2, 0) is 17.8 Å². The van der Waals surface area contributed by atoms with Gasteiger partial charge in [0, 0.05) is 49.0 Å². The second kappa shape index (κ2) is 8.33. The van der Waals surface area contributed by atoms with Gasteiger partial charge in [0.15, 0.2) is 0 Å². The van der Waals surface area contributed by atoms with Crippen LogP contribution in [-0.4, -0.2) is 46.9 Å². The molecule has 0 saturated carbocycles. The molecule has 0 unspecified atom stereocenters. The number of carbonyl (C=O) groups is 1. The Morgan fingerprint density at radius 1 is 1.15 bits per heavy atom. The van der Waals surface area contributed by atoms with Gasteiger partial charge in [0.1, 0.15) is 5.01 Å². The first-order valence-corrected chi connectivity index (χ1v) is 11.0. The van der Waals surface area contributed by atoms with Gasteiger partial charge >= 0.3 is 0 Å². The Hall–Kier alpha value is -2.02. The summed E-state index contributed by atoms with van der Waals surface area (Å²) in [5, 5.41) is 7.16. The molecular formula is C21H23N3OS2. The maximum absolute atomic E-state index is 12.6. The van der Waals surface area contributed by atoms with Crippen molar-refractivity contribution < 1.29 is 4.79 Å². The van der Waals surface area contributed by atoms with E-state index in [4.69, 9.17) is 0 Å². The van der Waals surface area contributed by atoms with Crippen molar-refractivity contribution in [3.63, 3.8) is 0 Å². The summed E-state index contributed by atoms with van der Waals surface area (Å²) in [4.78, 5) is 21.7. The number of amides is 1. The lowest BCUT2D eigenvalue weighted by Crippen LogP contribution is -2.48. The number of carbonyl (C=O) groups excluding carboxylic acids is 1. The molecular weight excluding hydrogens is 374 g/mol. The maximum atomic E-state index is 12.6. The van der Waals surface area contributed by atoms with Crippen LogP contribution in [0.4, 0.5) is 0 Å². The van der Waals surface area contributed by atoms with Gasteiger partial charge in [-0.05, 0) is 23.9 Å². The lowest BCUT2D eigenvalue weighted by molar-refractivity contribution is -0.132. The third-order valence-electron chi connectivity index (χ3n) is 4.87. The summed E-state index contributed by atoms with van der Waals surface area (Å²) in [5.74, 6) is 0.187. The highest BCUT2D eigenvalue weighted by Crippen LogP contribution is 2.26. The van der Waals surface area contributed by atoms with Crippen LogP contribution in [0.3, 0.4) is 0 Å². The summed E-state index contributed by atoms with van der Waals surface area (Å²) in [7, 11) is 0. The summed E-state index contributed by atoms with van der Waals surface area (Å²) in [6.45, 7) is 6.54. The van der Waals surface area contributed by atoms with Gasteiger partial charge in [0.2, 0.25) is 5.91 Å². The molecule has 0 aliphatic carbocycles. The molecule has 0 radical (unpaired) electrons. The highest BCUT2D eigenvalue weighted by atomic mass is 32.1. The summed E-state index contributed by atoms with van der Waals surface area (Å²) in [6, 6.07) is 10.7. The fourth-order valence-corrected chi connectivity index (χ4v) is 4.93. The molecule has 140 valence electrons. The lowest BCUT2D eigenvalue weighted by atomic mass is 10.1. The number of thiazole rings is 1. The number of rotatable bonds is 5. The fraction of sp³-hybridized carbons (Fsp3) is 0.333. The monoisotopic (exact) mass is 397 g/mol. The van der Waals surface area contributed by atoms with E-state index in [0.29, 0.717) is 6.42 Å². The summed E-state index contributed by atoms with van der Waals surface area (Å²) >= 11 is 3.28. The minimum absolute atomic E-state index is 0.187. The van der Waals surface area contributed by atoms with Gasteiger partial charge in [-0.25, -0.2) is 4.98 Å². The maximum Gasteiger partial charge on any atom is 0.228 e. The van der Waals surface area contributed by atoms with Crippen LogP contribution in [0.1, 0.15) is 16.8 Å². The standard InChI is InChI=1S/C21H23N3OS2/c1-16-3-2-4-17(11-16)13-23-6-8-24(9-7-23)20(25)12-19-15-27-21(22-19)18-5-10-26-14-18/h2-5,10-11,14-15H,6-9,12-13H2,1H3. The van der Waals surface area contributed by atoms with Crippen LogP contribution in [0.25, 0.3) is 10.6 Å². The van der Waals surface area contributed by atoms with Gasteiger partial charge in [-0.3, -0.25) is 9.69 Å². The molecule has 0 N–H and O–H groups in total. The summed E-state index contributed by atoms with van der Waals surface area (Å²) < 4.78 is 0. The first kappa shape index (κ1) is 18.3. The van der Waals surface area contributed by atoms with Crippen molar-refractivity contribution in [3.05, 3.63) is 63.3 Å². The zero-order valence-corrected chi connectivity index (χ0v) is 17.1. The molecule has 1 amide bonds. The molecule has 1 aromatic carbocycles. The van der Waals surface area contributed by atoms with Crippen LogP contribution in [0, 0.1) is 6.92 Å². The smallest absolute Gasteiger partial charge is 0.228 e. The average Bonchev–Trinajstić information content (AvgIpc) is 3.34. The van der Waals surface area contributed by atoms with Crippen LogP contribution in [0.15, 0.2) is 46.5 Å². The highest BCUT2D eigenvalue weighted by molar-refractivity contribution is 7.14. The molecule has 1 aliphatic rings. The Labute approximate surface area is 168 Å². The van der Waals surface area contributed by atoms with Gasteiger partial charge in [-0.1, -0.05) is 29.8 Å². The highest BCUT2D eigenvalue weighted by Gasteiger charge is 2.22. The van der Waals surface area contributed by atoms with Crippen LogP contribution >= 0.6 is 22.7 Å². The minimum Gasteiger partial charge on any atom is -0.340 e. The lowest BCUT2D eigenvalue weighted by Gasteiger charge is -2.34. The SMILES string of the molecule is Cc1cccc(CN2CCN(C(=O)Cc3csc(-c4ccsc4)n3)CC2)c1. The third kappa shape index (κ3) is 4.64. The molecule has 1 aliphatic heterocycles. The Bertz CT molecular complexity index is 896. The zero-order chi connectivity index (χ0) is 18.6. The number of nitrogens with zero attached hydrogens (tertiary/aromatic N) is 3. The minimum atomic E-state index is 0.187. The second-order valence-electron chi connectivity index (χ2n) is 6.98. The molecule has 0 spiro atoms. The van der Waals surface area contributed by atoms with E-state index in [2.05, 4.69) is 57.9 Å². The van der Waals surface area contributed by atoms with Crippen molar-refractivity contribution in [2.45, 2.75) is 19.9 Å². The quantitative estimate of drug-likeness (QED) is 0.651. The number of benzene rings is 1. The molecule has 4 nitrogen and oxygen atoms in total. The van der Waals surface area contributed by atoms with E-state index >= 15 is 0 Å². The van der Waals surface area contributed by atoms with Crippen molar-refractivity contribution in [1.82, 2.24) is 14.8 Å². The van der Waals surface area contributed by atoms with Crippen molar-refractivity contribution in [2.24, 2.45) is 0 Å². The first-order chi connectivity index (χ1) is 13.2. The van der Waals surface area contributed by atoms with Gasteiger partial charge in [0.25, 0.3) is 0 Å². The number of hydrogen-bond donors (Lipinski definition) is 0. The van der Waals surface area contributed by atoms with E-state index in [-0.39, 0.29) is 5.91 Å². The number of thiophene rings is 1. The van der Waals surface area contributed by atoms with E-state index in [9.17, 15) is 4.79 Å². The van der Waals surface area contributed by atoms with Crippen LogP contribution < -0.4 is 0 Å². The molecule has 4 rings (SSSR count). The molecule has 1 saturated heterocycles. The van der Waals surface area contributed by atoms with Crippen molar-refractivity contribution in [1.29, 1.82) is 0 Å². The molecule has 1 fully saturated rings. The molecule has 3 aromatic rings. The van der Waals surface area contributed by atoms with E-state index in [1.54, 1.807) is 22.7 Å². The molecule has 6 heteroatoms. The van der Waals surface area contributed by atoms with Gasteiger partial charge in [-0.15, -0.1) is 11.3 Å². The molecule has 0 bridgehead atoms. The first-order valence-electron chi connectivity index (χ1n) is 9.20. The molecule has 2 aromatic heterocycles. The topological polar surface area (TPSA) is 36.4 Å². The Balaban J connectivity index is 1.28. The van der Waals surface area contributed by atoms with E-state index in [0.717, 1.165) is 49.0 Å². The summed E-state index contributed by atoms with van der Waals surface area (Å²) in [5.41, 5.74) is 4.67. The van der Waals surface area contributed by atoms with Crippen LogP contribution in [0.2, 0.25) is 0 Å². The number of aromatic nitrogens is 1. The predicted molar refractivity (Wildman–Crippen MR) is 112 cm³/mol. The van der Waals surface area contributed by atoms with Crippen molar-refractivity contribution in [2.75, 3.05) is 26.2 Å².